The Morgan fingerprint density at radius 2 is 1.81 bits per heavy atom. The van der Waals surface area contributed by atoms with Crippen LogP contribution in [-0.2, 0) is 11.4 Å². The second-order valence-electron chi connectivity index (χ2n) is 6.09. The van der Waals surface area contributed by atoms with E-state index in [0.29, 0.717) is 25.1 Å². The highest BCUT2D eigenvalue weighted by molar-refractivity contribution is 5.91. The lowest BCUT2D eigenvalue weighted by Crippen LogP contribution is -2.43. The minimum Gasteiger partial charge on any atom is -0.489 e. The molecule has 6 heteroatoms. The van der Waals surface area contributed by atoms with Gasteiger partial charge in [-0.25, -0.2) is 10.2 Å². The highest BCUT2D eigenvalue weighted by atomic mass is 16.5. The fourth-order valence-corrected chi connectivity index (χ4v) is 2.36. The lowest BCUT2D eigenvalue weighted by molar-refractivity contribution is -0.121. The van der Waals surface area contributed by atoms with Crippen molar-refractivity contribution in [2.45, 2.75) is 40.2 Å². The van der Waals surface area contributed by atoms with Crippen LogP contribution in [0.2, 0.25) is 0 Å². The first-order valence-corrected chi connectivity index (χ1v) is 8.63. The summed E-state index contributed by atoms with van der Waals surface area (Å²) in [5, 5.41) is 2.73. The van der Waals surface area contributed by atoms with Crippen LogP contribution in [0.4, 0.5) is 10.5 Å². The molecule has 6 nitrogen and oxygen atoms in total. The molecule has 0 saturated heterocycles. The topological polar surface area (TPSA) is 79.5 Å². The van der Waals surface area contributed by atoms with Gasteiger partial charge in [0, 0.05) is 17.7 Å². The molecule has 26 heavy (non-hydrogen) atoms. The van der Waals surface area contributed by atoms with Crippen molar-refractivity contribution in [2.24, 2.45) is 0 Å². The first-order chi connectivity index (χ1) is 12.5. The van der Waals surface area contributed by atoms with Gasteiger partial charge in [-0.05, 0) is 43.5 Å². The summed E-state index contributed by atoms with van der Waals surface area (Å²) < 4.78 is 5.91. The lowest BCUT2D eigenvalue weighted by Gasteiger charge is -2.14. The van der Waals surface area contributed by atoms with E-state index in [0.717, 1.165) is 22.4 Å². The molecule has 2 aromatic carbocycles. The Kier molecular flexibility index (Phi) is 7.02. The lowest BCUT2D eigenvalue weighted by atomic mass is 10.1. The molecule has 0 bridgehead atoms. The molecule has 2 aromatic rings. The highest BCUT2D eigenvalue weighted by Crippen LogP contribution is 2.22. The maximum absolute atomic E-state index is 12.0. The summed E-state index contributed by atoms with van der Waals surface area (Å²) in [5.41, 5.74) is 8.34. The van der Waals surface area contributed by atoms with Gasteiger partial charge >= 0.3 is 6.03 Å². The molecule has 0 unspecified atom stereocenters. The molecule has 3 amide bonds. The number of aryl methyl sites for hydroxylation is 2. The van der Waals surface area contributed by atoms with E-state index in [9.17, 15) is 9.59 Å². The van der Waals surface area contributed by atoms with E-state index in [-0.39, 0.29) is 5.91 Å². The molecular formula is C20H25N3O3. The van der Waals surface area contributed by atoms with Crippen LogP contribution < -0.4 is 20.9 Å². The first kappa shape index (κ1) is 19.3. The number of urea groups is 1. The number of hydrogen-bond acceptors (Lipinski definition) is 3. The number of carbonyl (C=O) groups is 2. The number of rotatable bonds is 6. The third kappa shape index (κ3) is 5.81. The average Bonchev–Trinajstić information content (AvgIpc) is 2.62. The molecule has 2 rings (SSSR count). The summed E-state index contributed by atoms with van der Waals surface area (Å²) in [6, 6.07) is 12.9. The van der Waals surface area contributed by atoms with E-state index in [1.165, 1.54) is 0 Å². The van der Waals surface area contributed by atoms with Gasteiger partial charge in [-0.3, -0.25) is 10.2 Å². The molecule has 3 N–H and O–H groups in total. The van der Waals surface area contributed by atoms with Gasteiger partial charge in [0.15, 0.2) is 0 Å². The van der Waals surface area contributed by atoms with Gasteiger partial charge in [0.1, 0.15) is 12.4 Å². The van der Waals surface area contributed by atoms with E-state index in [4.69, 9.17) is 4.74 Å². The molecule has 0 fully saturated rings. The average molecular weight is 355 g/mol. The molecule has 138 valence electrons. The van der Waals surface area contributed by atoms with Gasteiger partial charge in [-0.2, -0.15) is 0 Å². The van der Waals surface area contributed by atoms with Crippen molar-refractivity contribution in [3.8, 4) is 5.75 Å². The molecule has 0 aliphatic rings. The van der Waals surface area contributed by atoms with E-state index in [1.807, 2.05) is 57.2 Å². The fourth-order valence-electron chi connectivity index (χ4n) is 2.36. The Bertz CT molecular complexity index is 775. The number of nitrogens with one attached hydrogen (secondary N) is 3. The van der Waals surface area contributed by atoms with E-state index < -0.39 is 6.03 Å². The largest absolute Gasteiger partial charge is 0.489 e. The Hall–Kier alpha value is -3.02. The number of hydrogen-bond donors (Lipinski definition) is 3. The zero-order chi connectivity index (χ0) is 18.9. The summed E-state index contributed by atoms with van der Waals surface area (Å²) in [6.07, 6.45) is 1.08. The maximum Gasteiger partial charge on any atom is 0.337 e. The Labute approximate surface area is 153 Å². The zero-order valence-corrected chi connectivity index (χ0v) is 15.4. The normalized spacial score (nSPS) is 10.1. The fraction of sp³-hybridized carbons (Fsp3) is 0.300. The predicted octanol–water partition coefficient (Wildman–Crippen LogP) is 3.84. The monoisotopic (exact) mass is 355 g/mol. The Morgan fingerprint density at radius 1 is 1.04 bits per heavy atom. The summed E-state index contributed by atoms with van der Waals surface area (Å²) in [7, 11) is 0. The van der Waals surface area contributed by atoms with Crippen molar-refractivity contribution in [3.63, 3.8) is 0 Å². The molecule has 0 aliphatic carbocycles. The van der Waals surface area contributed by atoms with Crippen molar-refractivity contribution in [2.75, 3.05) is 5.32 Å². The SMILES string of the molecule is CCCC(=O)NNC(=O)Nc1ccccc1COc1cc(C)ccc1C. The molecule has 0 spiro atoms. The van der Waals surface area contributed by atoms with Crippen LogP contribution in [0.3, 0.4) is 0 Å². The van der Waals surface area contributed by atoms with Crippen LogP contribution in [0, 0.1) is 13.8 Å². The van der Waals surface area contributed by atoms with Crippen molar-refractivity contribution < 1.29 is 14.3 Å². The van der Waals surface area contributed by atoms with E-state index in [2.05, 4.69) is 16.2 Å². The van der Waals surface area contributed by atoms with Crippen LogP contribution in [0.5, 0.6) is 5.75 Å². The van der Waals surface area contributed by atoms with Crippen molar-refractivity contribution in [1.82, 2.24) is 10.9 Å². The highest BCUT2D eigenvalue weighted by Gasteiger charge is 2.09. The van der Waals surface area contributed by atoms with Crippen molar-refractivity contribution >= 4 is 17.6 Å². The minimum atomic E-state index is -0.506. The number of hydrazine groups is 1. The van der Waals surface area contributed by atoms with Crippen LogP contribution >= 0.6 is 0 Å². The van der Waals surface area contributed by atoms with Crippen LogP contribution in [-0.4, -0.2) is 11.9 Å². The second-order valence-corrected chi connectivity index (χ2v) is 6.09. The number of amides is 3. The van der Waals surface area contributed by atoms with Crippen LogP contribution in [0.1, 0.15) is 36.5 Å². The van der Waals surface area contributed by atoms with Gasteiger partial charge in [0.05, 0.1) is 0 Å². The van der Waals surface area contributed by atoms with Gasteiger partial charge < -0.3 is 10.1 Å². The summed E-state index contributed by atoms with van der Waals surface area (Å²) >= 11 is 0. The molecule has 0 heterocycles. The molecule has 0 radical (unpaired) electrons. The number of benzene rings is 2. The van der Waals surface area contributed by atoms with Crippen LogP contribution in [0.25, 0.3) is 0 Å². The molecule has 0 saturated carbocycles. The van der Waals surface area contributed by atoms with Crippen molar-refractivity contribution in [1.29, 1.82) is 0 Å². The number of para-hydroxylation sites is 1. The number of anilines is 1. The van der Waals surface area contributed by atoms with Gasteiger partial charge in [-0.15, -0.1) is 0 Å². The number of ether oxygens (including phenoxy) is 1. The third-order valence-electron chi connectivity index (χ3n) is 3.78. The molecule has 0 aliphatic heterocycles. The van der Waals surface area contributed by atoms with Gasteiger partial charge in [-0.1, -0.05) is 37.3 Å². The summed E-state index contributed by atoms with van der Waals surface area (Å²) in [6.45, 7) is 6.22. The molecule has 0 atom stereocenters. The third-order valence-corrected chi connectivity index (χ3v) is 3.78. The quantitative estimate of drug-likeness (QED) is 0.689. The Balaban J connectivity index is 1.97. The first-order valence-electron chi connectivity index (χ1n) is 8.63. The molecular weight excluding hydrogens is 330 g/mol. The zero-order valence-electron chi connectivity index (χ0n) is 15.4. The number of carbonyl (C=O) groups excluding carboxylic acids is 2. The standard InChI is InChI=1S/C20H25N3O3/c1-4-7-19(24)22-23-20(25)21-17-9-6-5-8-16(17)13-26-18-12-14(2)10-11-15(18)3/h5-6,8-12H,4,7,13H2,1-3H3,(H,22,24)(H2,21,23,25). The van der Waals surface area contributed by atoms with E-state index in [1.54, 1.807) is 6.07 Å². The van der Waals surface area contributed by atoms with Crippen LogP contribution in [0.15, 0.2) is 42.5 Å². The summed E-state index contributed by atoms with van der Waals surface area (Å²) in [4.78, 5) is 23.4. The second kappa shape index (κ2) is 9.46. The van der Waals surface area contributed by atoms with Gasteiger partial charge in [0.2, 0.25) is 5.91 Å². The molecule has 0 aromatic heterocycles. The predicted molar refractivity (Wildman–Crippen MR) is 102 cm³/mol. The maximum atomic E-state index is 12.0. The smallest absolute Gasteiger partial charge is 0.337 e. The minimum absolute atomic E-state index is 0.228. The summed E-state index contributed by atoms with van der Waals surface area (Å²) in [5.74, 6) is 0.588. The van der Waals surface area contributed by atoms with Crippen molar-refractivity contribution in [3.05, 3.63) is 59.2 Å². The Morgan fingerprint density at radius 3 is 2.58 bits per heavy atom. The van der Waals surface area contributed by atoms with E-state index >= 15 is 0 Å². The van der Waals surface area contributed by atoms with Gasteiger partial charge in [0.25, 0.3) is 0 Å².